The summed E-state index contributed by atoms with van der Waals surface area (Å²) in [5, 5.41) is 0. The van der Waals surface area contributed by atoms with E-state index >= 15 is 0 Å². The number of alkyl halides is 3. The van der Waals surface area contributed by atoms with Crippen LogP contribution in [0.5, 0.6) is 0 Å². The van der Waals surface area contributed by atoms with Gasteiger partial charge in [-0.15, -0.1) is 0 Å². The lowest BCUT2D eigenvalue weighted by Crippen LogP contribution is -2.46. The molecule has 14 heavy (non-hydrogen) atoms. The van der Waals surface area contributed by atoms with E-state index in [1.165, 1.54) is 6.92 Å². The van der Waals surface area contributed by atoms with Crippen molar-refractivity contribution in [2.24, 2.45) is 5.92 Å². The van der Waals surface area contributed by atoms with Crippen LogP contribution in [0.4, 0.5) is 13.2 Å². The maximum absolute atomic E-state index is 12.2. The summed E-state index contributed by atoms with van der Waals surface area (Å²) in [6.45, 7) is 2.26. The predicted molar refractivity (Wildman–Crippen MR) is 41.2 cm³/mol. The summed E-state index contributed by atoms with van der Waals surface area (Å²) >= 11 is 0. The van der Waals surface area contributed by atoms with Gasteiger partial charge in [-0.3, -0.25) is 14.5 Å². The van der Waals surface area contributed by atoms with Crippen LogP contribution in [0.15, 0.2) is 0 Å². The molecule has 2 atom stereocenters. The maximum Gasteiger partial charge on any atom is 0.409 e. The molecule has 1 rings (SSSR count). The van der Waals surface area contributed by atoms with Crippen LogP contribution in [-0.4, -0.2) is 28.9 Å². The second-order valence-corrected chi connectivity index (χ2v) is 3.42. The van der Waals surface area contributed by atoms with Crippen LogP contribution in [0.2, 0.25) is 0 Å². The molecule has 1 aliphatic heterocycles. The van der Waals surface area contributed by atoms with E-state index in [-0.39, 0.29) is 6.42 Å². The zero-order chi connectivity index (χ0) is 11.1. The van der Waals surface area contributed by atoms with Crippen molar-refractivity contribution in [3.05, 3.63) is 0 Å². The fourth-order valence-corrected chi connectivity index (χ4v) is 1.36. The molecule has 0 saturated carbocycles. The van der Waals surface area contributed by atoms with Gasteiger partial charge in [0.15, 0.2) is 0 Å². The first-order valence-electron chi connectivity index (χ1n) is 4.17. The number of carbonyl (C=O) groups is 2. The van der Waals surface area contributed by atoms with Gasteiger partial charge < -0.3 is 0 Å². The molecule has 6 heteroatoms. The van der Waals surface area contributed by atoms with Crippen LogP contribution in [-0.2, 0) is 9.59 Å². The van der Waals surface area contributed by atoms with Crippen molar-refractivity contribution >= 4 is 11.8 Å². The summed E-state index contributed by atoms with van der Waals surface area (Å²) in [6.07, 6.45) is -4.67. The van der Waals surface area contributed by atoms with Crippen molar-refractivity contribution in [3.63, 3.8) is 0 Å². The van der Waals surface area contributed by atoms with Gasteiger partial charge in [-0.05, 0) is 6.92 Å². The van der Waals surface area contributed by atoms with Crippen molar-refractivity contribution in [2.45, 2.75) is 32.5 Å². The van der Waals surface area contributed by atoms with E-state index in [4.69, 9.17) is 0 Å². The Morgan fingerprint density at radius 2 is 1.93 bits per heavy atom. The first kappa shape index (κ1) is 11.0. The van der Waals surface area contributed by atoms with Gasteiger partial charge in [-0.25, -0.2) is 0 Å². The Kier molecular flexibility index (Phi) is 2.56. The molecule has 1 aliphatic rings. The molecule has 0 N–H and O–H groups in total. The Bertz CT molecular complexity index is 274. The Balaban J connectivity index is 2.88. The quantitative estimate of drug-likeness (QED) is 0.611. The minimum atomic E-state index is -4.55. The molecule has 1 fully saturated rings. The highest BCUT2D eigenvalue weighted by atomic mass is 19.4. The van der Waals surface area contributed by atoms with Crippen LogP contribution in [0.3, 0.4) is 0 Å². The fourth-order valence-electron chi connectivity index (χ4n) is 1.36. The number of hydrogen-bond acceptors (Lipinski definition) is 2. The first-order valence-corrected chi connectivity index (χ1v) is 4.17. The molecule has 3 nitrogen and oxygen atoms in total. The topological polar surface area (TPSA) is 37.4 Å². The van der Waals surface area contributed by atoms with E-state index in [0.29, 0.717) is 4.90 Å². The van der Waals surface area contributed by atoms with Crippen molar-refractivity contribution in [1.29, 1.82) is 0 Å². The fraction of sp³-hybridized carbons (Fsp3) is 0.750. The van der Waals surface area contributed by atoms with Crippen molar-refractivity contribution in [2.75, 3.05) is 0 Å². The third-order valence-corrected chi connectivity index (χ3v) is 2.27. The molecule has 0 aromatic heterocycles. The van der Waals surface area contributed by atoms with Crippen molar-refractivity contribution < 1.29 is 22.8 Å². The number of nitrogens with zero attached hydrogens (tertiary/aromatic N) is 1. The lowest BCUT2D eigenvalue weighted by atomic mass is 10.1. The van der Waals surface area contributed by atoms with E-state index < -0.39 is 30.0 Å². The largest absolute Gasteiger partial charge is 0.409 e. The normalized spacial score (nSPS) is 25.8. The molecular weight excluding hydrogens is 199 g/mol. The molecule has 0 radical (unpaired) electrons. The zero-order valence-electron chi connectivity index (χ0n) is 7.76. The zero-order valence-corrected chi connectivity index (χ0v) is 7.76. The van der Waals surface area contributed by atoms with Gasteiger partial charge in [0.05, 0.1) is 0 Å². The summed E-state index contributed by atoms with van der Waals surface area (Å²) in [5.74, 6) is -2.11. The molecule has 2 amide bonds. The van der Waals surface area contributed by atoms with E-state index in [1.54, 1.807) is 0 Å². The molecule has 80 valence electrons. The molecule has 0 aromatic carbocycles. The Morgan fingerprint density at radius 3 is 2.21 bits per heavy atom. The Morgan fingerprint density at radius 1 is 1.43 bits per heavy atom. The summed E-state index contributed by atoms with van der Waals surface area (Å²) in [7, 11) is 0. The van der Waals surface area contributed by atoms with Crippen molar-refractivity contribution in [1.82, 2.24) is 4.90 Å². The second-order valence-electron chi connectivity index (χ2n) is 3.42. The van der Waals surface area contributed by atoms with Crippen LogP contribution in [0.25, 0.3) is 0 Å². The van der Waals surface area contributed by atoms with Crippen LogP contribution in [0, 0.1) is 5.92 Å². The summed E-state index contributed by atoms with van der Waals surface area (Å²) in [6, 6.07) is -2.02. The molecular formula is C8H10F3NO2. The Labute approximate surface area is 78.9 Å². The molecule has 0 aromatic rings. The van der Waals surface area contributed by atoms with Crippen molar-refractivity contribution in [3.8, 4) is 0 Å². The number of halogens is 3. The highest BCUT2D eigenvalue weighted by Gasteiger charge is 2.48. The number of carbonyl (C=O) groups excluding carboxylic acids is 2. The molecule has 1 saturated heterocycles. The number of rotatable bonds is 1. The van der Waals surface area contributed by atoms with Gasteiger partial charge in [0.25, 0.3) is 0 Å². The van der Waals surface area contributed by atoms with Gasteiger partial charge in [-0.1, -0.05) is 6.92 Å². The van der Waals surface area contributed by atoms with Gasteiger partial charge in [0, 0.05) is 12.3 Å². The highest BCUT2D eigenvalue weighted by Crippen LogP contribution is 2.30. The van der Waals surface area contributed by atoms with Gasteiger partial charge >= 0.3 is 6.18 Å². The van der Waals surface area contributed by atoms with Crippen LogP contribution >= 0.6 is 0 Å². The smallest absolute Gasteiger partial charge is 0.274 e. The molecule has 0 spiro atoms. The SMILES string of the molecule is CC1CC(=O)N(C(C)C(F)(F)F)C1=O. The third-order valence-electron chi connectivity index (χ3n) is 2.27. The molecule has 0 aliphatic carbocycles. The number of imide groups is 1. The minimum Gasteiger partial charge on any atom is -0.274 e. The van der Waals surface area contributed by atoms with Gasteiger partial charge in [0.2, 0.25) is 11.8 Å². The summed E-state index contributed by atoms with van der Waals surface area (Å²) < 4.78 is 36.7. The van der Waals surface area contributed by atoms with Gasteiger partial charge in [0.1, 0.15) is 6.04 Å². The maximum atomic E-state index is 12.2. The van der Waals surface area contributed by atoms with Crippen LogP contribution < -0.4 is 0 Å². The van der Waals surface area contributed by atoms with E-state index in [2.05, 4.69) is 0 Å². The third kappa shape index (κ3) is 1.73. The molecule has 1 heterocycles. The van der Waals surface area contributed by atoms with Gasteiger partial charge in [-0.2, -0.15) is 13.2 Å². The predicted octanol–water partition coefficient (Wildman–Crippen LogP) is 1.33. The van der Waals surface area contributed by atoms with E-state index in [0.717, 1.165) is 6.92 Å². The van der Waals surface area contributed by atoms with E-state index in [9.17, 15) is 22.8 Å². The average molecular weight is 209 g/mol. The Hall–Kier alpha value is -1.07. The van der Waals surface area contributed by atoms with Crippen LogP contribution in [0.1, 0.15) is 20.3 Å². The highest BCUT2D eigenvalue weighted by molar-refractivity contribution is 6.03. The lowest BCUT2D eigenvalue weighted by molar-refractivity contribution is -0.187. The lowest BCUT2D eigenvalue weighted by Gasteiger charge is -2.24. The summed E-state index contributed by atoms with van der Waals surface area (Å²) in [4.78, 5) is 22.6. The number of likely N-dealkylation sites (tertiary alicyclic amines) is 1. The summed E-state index contributed by atoms with van der Waals surface area (Å²) in [5.41, 5.74) is 0. The standard InChI is InChI=1S/C8H10F3NO2/c1-4-3-6(13)12(7(4)14)5(2)8(9,10)11/h4-5H,3H2,1-2H3. The van der Waals surface area contributed by atoms with E-state index in [1.807, 2.05) is 0 Å². The number of amides is 2. The second kappa shape index (κ2) is 3.25. The minimum absolute atomic E-state index is 0.126. The molecule has 2 unspecified atom stereocenters. The molecule has 0 bridgehead atoms. The monoisotopic (exact) mass is 209 g/mol. The average Bonchev–Trinajstić information content (AvgIpc) is 2.24. The number of hydrogen-bond donors (Lipinski definition) is 0. The first-order chi connectivity index (χ1) is 6.25.